The Bertz CT molecular complexity index is 1250. The molecule has 0 amide bonds. The number of ether oxygens (including phenoxy) is 3. The number of thiazole rings is 1. The topological polar surface area (TPSA) is 68.8 Å². The molecule has 0 unspecified atom stereocenters. The van der Waals surface area contributed by atoms with Crippen molar-refractivity contribution in [2.75, 3.05) is 20.3 Å². The monoisotopic (exact) mass is 403 g/mol. The molecule has 6 nitrogen and oxygen atoms in total. The summed E-state index contributed by atoms with van der Waals surface area (Å²) < 4.78 is 18.8. The van der Waals surface area contributed by atoms with Crippen LogP contribution in [0.3, 0.4) is 0 Å². The number of rotatable bonds is 4. The second kappa shape index (κ2) is 7.15. The zero-order valence-electron chi connectivity index (χ0n) is 15.7. The molecule has 2 aromatic heterocycles. The summed E-state index contributed by atoms with van der Waals surface area (Å²) in [5.74, 6) is 2.25. The molecule has 0 fully saturated rings. The number of nitrogens with zero attached hydrogens (tertiary/aromatic N) is 3. The lowest BCUT2D eigenvalue weighted by molar-refractivity contribution is 0.171. The first-order valence-electron chi connectivity index (χ1n) is 9.18. The van der Waals surface area contributed by atoms with Crippen LogP contribution in [0.5, 0.6) is 17.2 Å². The standard InChI is InChI=1S/C22H17N3O3S/c1-26-16-4-2-3-15(11-16)21-17(7-8-23)25-18(13-29-22(25)24-21)14-5-6-19-20(12-14)28-10-9-27-19/h2-6,11-13H,7,9-10H2,1H3. The van der Waals surface area contributed by atoms with E-state index >= 15 is 0 Å². The zero-order valence-corrected chi connectivity index (χ0v) is 16.5. The minimum absolute atomic E-state index is 0.252. The van der Waals surface area contributed by atoms with Gasteiger partial charge in [-0.25, -0.2) is 4.98 Å². The highest BCUT2D eigenvalue weighted by Crippen LogP contribution is 2.38. The van der Waals surface area contributed by atoms with E-state index in [1.165, 1.54) is 0 Å². The number of hydrogen-bond acceptors (Lipinski definition) is 6. The maximum Gasteiger partial charge on any atom is 0.194 e. The minimum atomic E-state index is 0.252. The van der Waals surface area contributed by atoms with Crippen LogP contribution < -0.4 is 14.2 Å². The molecule has 3 heterocycles. The van der Waals surface area contributed by atoms with Gasteiger partial charge in [-0.05, 0) is 30.3 Å². The van der Waals surface area contributed by atoms with Crippen LogP contribution >= 0.6 is 11.3 Å². The van der Waals surface area contributed by atoms with Gasteiger partial charge in [-0.2, -0.15) is 5.26 Å². The Morgan fingerprint density at radius 1 is 1.14 bits per heavy atom. The maximum absolute atomic E-state index is 9.48. The average molecular weight is 403 g/mol. The van der Waals surface area contributed by atoms with Gasteiger partial charge in [0.15, 0.2) is 16.5 Å². The highest BCUT2D eigenvalue weighted by atomic mass is 32.1. The van der Waals surface area contributed by atoms with E-state index in [0.717, 1.165) is 50.4 Å². The molecule has 4 aromatic rings. The van der Waals surface area contributed by atoms with Crippen LogP contribution in [0, 0.1) is 11.3 Å². The highest BCUT2D eigenvalue weighted by Gasteiger charge is 2.20. The third kappa shape index (κ3) is 2.98. The van der Waals surface area contributed by atoms with Crippen molar-refractivity contribution in [3.8, 4) is 45.8 Å². The smallest absolute Gasteiger partial charge is 0.194 e. The Hall–Kier alpha value is -3.50. The van der Waals surface area contributed by atoms with E-state index in [0.29, 0.717) is 13.2 Å². The Morgan fingerprint density at radius 2 is 2.00 bits per heavy atom. The molecular weight excluding hydrogens is 386 g/mol. The Morgan fingerprint density at radius 3 is 2.83 bits per heavy atom. The fourth-order valence-corrected chi connectivity index (χ4v) is 4.48. The van der Waals surface area contributed by atoms with Crippen molar-refractivity contribution in [3.05, 3.63) is 53.5 Å². The van der Waals surface area contributed by atoms with Gasteiger partial charge in [0, 0.05) is 16.5 Å². The molecule has 1 aliphatic heterocycles. The Kier molecular flexibility index (Phi) is 4.34. The summed E-state index contributed by atoms with van der Waals surface area (Å²) in [5.41, 5.74) is 4.57. The highest BCUT2D eigenvalue weighted by molar-refractivity contribution is 7.15. The van der Waals surface area contributed by atoms with Gasteiger partial charge in [-0.1, -0.05) is 12.1 Å². The van der Waals surface area contributed by atoms with Crippen LogP contribution in [0.15, 0.2) is 47.8 Å². The molecule has 1 aliphatic rings. The van der Waals surface area contributed by atoms with E-state index < -0.39 is 0 Å². The summed E-state index contributed by atoms with van der Waals surface area (Å²) >= 11 is 1.55. The van der Waals surface area contributed by atoms with Crippen molar-refractivity contribution in [2.45, 2.75) is 6.42 Å². The number of benzene rings is 2. The van der Waals surface area contributed by atoms with E-state index in [9.17, 15) is 5.26 Å². The molecule has 0 spiro atoms. The first-order chi connectivity index (χ1) is 14.3. The van der Waals surface area contributed by atoms with Gasteiger partial charge in [-0.15, -0.1) is 11.3 Å². The van der Waals surface area contributed by atoms with Crippen molar-refractivity contribution in [1.82, 2.24) is 9.38 Å². The van der Waals surface area contributed by atoms with Gasteiger partial charge in [0.2, 0.25) is 0 Å². The maximum atomic E-state index is 9.48. The molecule has 0 aliphatic carbocycles. The normalized spacial score (nSPS) is 12.7. The lowest BCUT2D eigenvalue weighted by Crippen LogP contribution is -2.15. The van der Waals surface area contributed by atoms with Crippen molar-refractivity contribution >= 4 is 16.3 Å². The second-order valence-corrected chi connectivity index (χ2v) is 7.41. The SMILES string of the molecule is COc1cccc(-c2nc3scc(-c4ccc5c(c4)OCCO5)n3c2CC#N)c1. The zero-order chi connectivity index (χ0) is 19.8. The van der Waals surface area contributed by atoms with E-state index in [1.54, 1.807) is 18.4 Å². The summed E-state index contributed by atoms with van der Waals surface area (Å²) in [6.45, 7) is 1.10. The molecule has 0 radical (unpaired) electrons. The van der Waals surface area contributed by atoms with Gasteiger partial charge in [0.1, 0.15) is 19.0 Å². The van der Waals surface area contributed by atoms with Crippen molar-refractivity contribution in [2.24, 2.45) is 0 Å². The molecule has 5 rings (SSSR count). The second-order valence-electron chi connectivity index (χ2n) is 6.57. The molecule has 29 heavy (non-hydrogen) atoms. The largest absolute Gasteiger partial charge is 0.497 e. The molecule has 0 saturated heterocycles. The number of imidazole rings is 1. The van der Waals surface area contributed by atoms with Crippen LogP contribution in [0.25, 0.3) is 27.5 Å². The van der Waals surface area contributed by atoms with Crippen LogP contribution in [-0.2, 0) is 6.42 Å². The predicted octanol–water partition coefficient (Wildman–Crippen LogP) is 4.58. The molecule has 144 valence electrons. The fraction of sp³-hybridized carbons (Fsp3) is 0.182. The third-order valence-corrected chi connectivity index (χ3v) is 5.71. The average Bonchev–Trinajstić information content (AvgIpc) is 3.34. The van der Waals surface area contributed by atoms with Crippen molar-refractivity contribution < 1.29 is 14.2 Å². The lowest BCUT2D eigenvalue weighted by Gasteiger charge is -2.18. The quantitative estimate of drug-likeness (QED) is 0.499. The molecule has 2 aromatic carbocycles. The van der Waals surface area contributed by atoms with Crippen molar-refractivity contribution in [3.63, 3.8) is 0 Å². The van der Waals surface area contributed by atoms with Gasteiger partial charge in [0.05, 0.1) is 36.7 Å². The van der Waals surface area contributed by atoms with E-state index in [-0.39, 0.29) is 6.42 Å². The summed E-state index contributed by atoms with van der Waals surface area (Å²) in [6, 6.07) is 16.0. The summed E-state index contributed by atoms with van der Waals surface area (Å²) in [4.78, 5) is 5.67. The third-order valence-electron chi connectivity index (χ3n) is 4.89. The Labute approximate surface area is 171 Å². The lowest BCUT2D eigenvalue weighted by atomic mass is 10.1. The minimum Gasteiger partial charge on any atom is -0.497 e. The number of aromatic nitrogens is 2. The molecule has 0 bridgehead atoms. The summed E-state index contributed by atoms with van der Waals surface area (Å²) in [6.07, 6.45) is 0.252. The van der Waals surface area contributed by atoms with Crippen LogP contribution in [0.1, 0.15) is 5.69 Å². The number of fused-ring (bicyclic) bond motifs is 2. The van der Waals surface area contributed by atoms with Crippen LogP contribution in [0.2, 0.25) is 0 Å². The molecule has 7 heteroatoms. The number of methoxy groups -OCH3 is 1. The van der Waals surface area contributed by atoms with Crippen LogP contribution in [0.4, 0.5) is 0 Å². The molecule has 0 atom stereocenters. The number of hydrogen-bond donors (Lipinski definition) is 0. The van der Waals surface area contributed by atoms with E-state index in [1.807, 2.05) is 42.5 Å². The first-order valence-corrected chi connectivity index (χ1v) is 10.1. The van der Waals surface area contributed by atoms with Gasteiger partial charge in [0.25, 0.3) is 0 Å². The Balaban J connectivity index is 1.68. The fourth-order valence-electron chi connectivity index (χ4n) is 3.56. The summed E-state index contributed by atoms with van der Waals surface area (Å²) in [7, 11) is 1.64. The molecule has 0 N–H and O–H groups in total. The van der Waals surface area contributed by atoms with Gasteiger partial charge < -0.3 is 14.2 Å². The first kappa shape index (κ1) is 17.6. The predicted molar refractivity (Wildman–Crippen MR) is 111 cm³/mol. The van der Waals surface area contributed by atoms with Gasteiger partial charge >= 0.3 is 0 Å². The van der Waals surface area contributed by atoms with E-state index in [4.69, 9.17) is 19.2 Å². The van der Waals surface area contributed by atoms with Crippen molar-refractivity contribution in [1.29, 1.82) is 5.26 Å². The van der Waals surface area contributed by atoms with E-state index in [2.05, 4.69) is 15.8 Å². The van der Waals surface area contributed by atoms with Crippen LogP contribution in [-0.4, -0.2) is 29.7 Å². The van der Waals surface area contributed by atoms with Gasteiger partial charge in [-0.3, -0.25) is 4.40 Å². The molecule has 0 saturated carbocycles. The number of nitriles is 1. The summed E-state index contributed by atoms with van der Waals surface area (Å²) in [5, 5.41) is 11.5. The molecular formula is C22H17N3O3S.